The summed E-state index contributed by atoms with van der Waals surface area (Å²) in [4.78, 5) is 36.2. The van der Waals surface area contributed by atoms with Crippen molar-refractivity contribution in [2.75, 3.05) is 7.11 Å². The van der Waals surface area contributed by atoms with Gasteiger partial charge in [-0.05, 0) is 64.1 Å². The lowest BCUT2D eigenvalue weighted by Crippen LogP contribution is -2.28. The van der Waals surface area contributed by atoms with Crippen LogP contribution in [0.25, 0.3) is 0 Å². The van der Waals surface area contributed by atoms with Gasteiger partial charge < -0.3 is 9.47 Å². The highest BCUT2D eigenvalue weighted by Crippen LogP contribution is 2.52. The minimum absolute atomic E-state index is 0.00624. The molecule has 9 nitrogen and oxygen atoms in total. The van der Waals surface area contributed by atoms with Crippen molar-refractivity contribution in [3.63, 3.8) is 0 Å². The summed E-state index contributed by atoms with van der Waals surface area (Å²) in [6, 6.07) is 9.73. The van der Waals surface area contributed by atoms with Crippen molar-refractivity contribution >= 4 is 46.3 Å². The van der Waals surface area contributed by atoms with Crippen LogP contribution in [0.2, 0.25) is 0 Å². The van der Waals surface area contributed by atoms with Gasteiger partial charge in [0.25, 0.3) is 17.5 Å². The van der Waals surface area contributed by atoms with Crippen LogP contribution in [-0.2, 0) is 16.2 Å². The molecule has 2 aliphatic carbocycles. The summed E-state index contributed by atoms with van der Waals surface area (Å²) >= 11 is 2.10. The maximum atomic E-state index is 12.8. The number of halogens is 1. The Morgan fingerprint density at radius 1 is 1.18 bits per heavy atom. The van der Waals surface area contributed by atoms with Crippen molar-refractivity contribution in [2.45, 2.75) is 13.0 Å². The van der Waals surface area contributed by atoms with Crippen LogP contribution in [0.1, 0.15) is 17.5 Å². The van der Waals surface area contributed by atoms with Crippen LogP contribution in [0.5, 0.6) is 11.5 Å². The van der Waals surface area contributed by atoms with Crippen LogP contribution in [0.3, 0.4) is 0 Å². The van der Waals surface area contributed by atoms with Crippen LogP contribution in [0, 0.1) is 37.4 Å². The third-order valence-corrected chi connectivity index (χ3v) is 7.33. The van der Waals surface area contributed by atoms with E-state index in [0.29, 0.717) is 22.6 Å². The number of ether oxygens (including phenoxy) is 2. The summed E-state index contributed by atoms with van der Waals surface area (Å²) in [5.41, 5.74) is 1.29. The van der Waals surface area contributed by atoms with Gasteiger partial charge in [-0.15, -0.1) is 0 Å². The third kappa shape index (κ3) is 3.85. The Balaban J connectivity index is 1.32. The average molecular weight is 573 g/mol. The molecule has 10 heteroatoms. The molecule has 2 bridgehead atoms. The highest BCUT2D eigenvalue weighted by molar-refractivity contribution is 14.1. The topological polar surface area (TPSA) is 111 Å². The van der Waals surface area contributed by atoms with Crippen molar-refractivity contribution in [2.24, 2.45) is 28.8 Å². The summed E-state index contributed by atoms with van der Waals surface area (Å²) in [5.74, 6) is 0.140. The van der Waals surface area contributed by atoms with Gasteiger partial charge in [0.05, 0.1) is 33.7 Å². The number of hydrogen-bond donors (Lipinski definition) is 0. The summed E-state index contributed by atoms with van der Waals surface area (Å²) in [7, 11) is 1.50. The fraction of sp³-hybridized carbons (Fsp3) is 0.292. The van der Waals surface area contributed by atoms with Gasteiger partial charge in [-0.25, -0.2) is 0 Å². The molecule has 0 spiro atoms. The first-order valence-electron chi connectivity index (χ1n) is 10.7. The first-order valence-corrected chi connectivity index (χ1v) is 11.8. The molecule has 2 aromatic rings. The van der Waals surface area contributed by atoms with Gasteiger partial charge in [0.2, 0.25) is 0 Å². The van der Waals surface area contributed by atoms with Crippen LogP contribution in [-0.4, -0.2) is 35.1 Å². The Morgan fingerprint density at radius 3 is 2.53 bits per heavy atom. The Labute approximate surface area is 208 Å². The summed E-state index contributed by atoms with van der Waals surface area (Å²) in [6.07, 6.45) is 6.44. The number of carbonyl (C=O) groups excluding carboxylic acids is 2. The lowest BCUT2D eigenvalue weighted by atomic mass is 9.85. The summed E-state index contributed by atoms with van der Waals surface area (Å²) in [5, 5.41) is 16.2. The van der Waals surface area contributed by atoms with Crippen molar-refractivity contribution < 1.29 is 24.0 Å². The number of rotatable bonds is 7. The number of carbonyl (C=O) groups is 2. The second-order valence-electron chi connectivity index (χ2n) is 8.48. The predicted molar refractivity (Wildman–Crippen MR) is 130 cm³/mol. The number of nitro benzene ring substituents is 1. The zero-order valence-corrected chi connectivity index (χ0v) is 20.2. The number of methoxy groups -OCH3 is 1. The number of hydrazone groups is 1. The van der Waals surface area contributed by atoms with E-state index < -0.39 is 4.92 Å². The van der Waals surface area contributed by atoms with Crippen LogP contribution < -0.4 is 9.47 Å². The van der Waals surface area contributed by atoms with Crippen LogP contribution in [0.15, 0.2) is 53.7 Å². The van der Waals surface area contributed by atoms with Crippen LogP contribution in [0.4, 0.5) is 5.69 Å². The molecule has 174 valence electrons. The van der Waals surface area contributed by atoms with Gasteiger partial charge in [-0.3, -0.25) is 19.7 Å². The third-order valence-electron chi connectivity index (χ3n) is 6.53. The zero-order valence-electron chi connectivity index (χ0n) is 18.1. The van der Waals surface area contributed by atoms with Crippen molar-refractivity contribution in [3.05, 3.63) is 73.4 Å². The number of hydrogen-bond acceptors (Lipinski definition) is 7. The SMILES string of the molecule is COc1cc(C=NN2C(=O)[C@@H]3[C@H](C2=O)[C@H]2C=C[C@H]3C2)cc(I)c1OCc1cccc([N+](=O)[O-])c1. The summed E-state index contributed by atoms with van der Waals surface area (Å²) < 4.78 is 12.1. The lowest BCUT2D eigenvalue weighted by Gasteiger charge is -2.14. The van der Waals surface area contributed by atoms with Crippen molar-refractivity contribution in [1.29, 1.82) is 0 Å². The second-order valence-corrected chi connectivity index (χ2v) is 9.64. The van der Waals surface area contributed by atoms with Crippen molar-refractivity contribution in [1.82, 2.24) is 5.01 Å². The number of amides is 2. The van der Waals surface area contributed by atoms with E-state index in [4.69, 9.17) is 9.47 Å². The van der Waals surface area contributed by atoms with Gasteiger partial charge in [0.15, 0.2) is 11.5 Å². The maximum Gasteiger partial charge on any atom is 0.269 e. The standard InChI is InChI=1S/C24H20IN3O6/c1-33-19-9-14(8-18(25)22(19)34-12-13-3-2-4-17(7-13)28(31)32)11-26-27-23(29)20-15-5-6-16(10-15)21(20)24(27)30/h2-9,11,15-16,20-21H,10,12H2,1H3/t15-,16-,20-,21+/m0/s1. The quantitative estimate of drug-likeness (QED) is 0.124. The molecule has 1 heterocycles. The highest BCUT2D eigenvalue weighted by atomic mass is 127. The lowest BCUT2D eigenvalue weighted by molar-refractivity contribution is -0.384. The molecule has 1 saturated carbocycles. The number of imide groups is 1. The van der Waals surface area contributed by atoms with E-state index >= 15 is 0 Å². The van der Waals surface area contributed by atoms with Gasteiger partial charge >= 0.3 is 0 Å². The predicted octanol–water partition coefficient (Wildman–Crippen LogP) is 3.93. The molecule has 2 fully saturated rings. The molecule has 1 saturated heterocycles. The normalized spacial score (nSPS) is 24.8. The molecule has 3 aliphatic rings. The van der Waals surface area contributed by atoms with Crippen LogP contribution >= 0.6 is 22.6 Å². The zero-order chi connectivity index (χ0) is 24.0. The van der Waals surface area contributed by atoms with E-state index in [-0.39, 0.29) is 47.8 Å². The number of nitrogens with zero attached hydrogens (tertiary/aromatic N) is 3. The van der Waals surface area contributed by atoms with E-state index in [1.807, 2.05) is 12.2 Å². The minimum atomic E-state index is -0.452. The fourth-order valence-electron chi connectivity index (χ4n) is 4.99. The Morgan fingerprint density at radius 2 is 1.88 bits per heavy atom. The monoisotopic (exact) mass is 573 g/mol. The van der Waals surface area contributed by atoms with E-state index in [2.05, 4.69) is 27.7 Å². The molecule has 0 unspecified atom stereocenters. The van der Waals surface area contributed by atoms with Gasteiger partial charge in [0, 0.05) is 12.1 Å². The fourth-order valence-corrected chi connectivity index (χ4v) is 5.78. The Bertz CT molecular complexity index is 1230. The first-order chi connectivity index (χ1) is 16.4. The van der Waals surface area contributed by atoms with E-state index in [1.165, 1.54) is 25.5 Å². The number of allylic oxidation sites excluding steroid dienone is 2. The van der Waals surface area contributed by atoms with Gasteiger partial charge in [-0.2, -0.15) is 10.1 Å². The molecular weight excluding hydrogens is 553 g/mol. The average Bonchev–Trinajstić information content (AvgIpc) is 3.51. The molecule has 0 radical (unpaired) electrons. The van der Waals surface area contributed by atoms with Gasteiger partial charge in [0.1, 0.15) is 6.61 Å². The molecule has 1 aliphatic heterocycles. The van der Waals surface area contributed by atoms with E-state index in [0.717, 1.165) is 15.0 Å². The number of fused-ring (bicyclic) bond motifs is 5. The minimum Gasteiger partial charge on any atom is -0.493 e. The molecule has 34 heavy (non-hydrogen) atoms. The molecule has 4 atom stereocenters. The largest absolute Gasteiger partial charge is 0.493 e. The number of benzene rings is 2. The Hall–Kier alpha value is -3.28. The highest BCUT2D eigenvalue weighted by Gasteiger charge is 2.59. The second kappa shape index (κ2) is 8.82. The maximum absolute atomic E-state index is 12.8. The van der Waals surface area contributed by atoms with Gasteiger partial charge in [-0.1, -0.05) is 24.3 Å². The van der Waals surface area contributed by atoms with E-state index in [9.17, 15) is 19.7 Å². The molecule has 2 amide bonds. The van der Waals surface area contributed by atoms with E-state index in [1.54, 1.807) is 24.3 Å². The smallest absolute Gasteiger partial charge is 0.269 e. The van der Waals surface area contributed by atoms with Crippen molar-refractivity contribution in [3.8, 4) is 11.5 Å². The molecule has 0 aromatic heterocycles. The molecule has 5 rings (SSSR count). The first kappa shape index (κ1) is 22.5. The molecule has 0 N–H and O–H groups in total. The number of non-ortho nitro benzene ring substituents is 1. The molecule has 2 aromatic carbocycles. The Kier molecular flexibility index (Phi) is 5.84. The number of nitro groups is 1. The summed E-state index contributed by atoms with van der Waals surface area (Å²) in [6.45, 7) is 0.122. The molecular formula is C24H20IN3O6.